The minimum Gasteiger partial charge on any atom is -0.389 e. The van der Waals surface area contributed by atoms with Crippen molar-refractivity contribution in [2.45, 2.75) is 38.6 Å². The Morgan fingerprint density at radius 2 is 2.12 bits per heavy atom. The second-order valence-corrected chi connectivity index (χ2v) is 6.55. The average Bonchev–Trinajstić information content (AvgIpc) is 3.10. The van der Waals surface area contributed by atoms with Crippen LogP contribution >= 0.6 is 11.6 Å². The van der Waals surface area contributed by atoms with Crippen LogP contribution in [0.4, 0.5) is 0 Å². The summed E-state index contributed by atoms with van der Waals surface area (Å²) >= 11 is 6.04. The summed E-state index contributed by atoms with van der Waals surface area (Å²) in [4.78, 5) is 24.9. The minimum atomic E-state index is -1.06. The highest BCUT2D eigenvalue weighted by Gasteiger charge is 2.23. The van der Waals surface area contributed by atoms with E-state index in [0.717, 1.165) is 16.6 Å². The molecule has 0 fully saturated rings. The smallest absolute Gasteiger partial charge is 0.331 e. The summed E-state index contributed by atoms with van der Waals surface area (Å²) in [5.41, 5.74) is 0.0971. The third-order valence-corrected chi connectivity index (χ3v) is 4.73. The Kier molecular flexibility index (Phi) is 5.57. The number of aliphatic hydroxyl groups excluding tert-OH is 1. The van der Waals surface area contributed by atoms with Crippen molar-refractivity contribution in [2.24, 2.45) is 0 Å². The van der Waals surface area contributed by atoms with Crippen LogP contribution in [0.5, 0.6) is 0 Å². The molecule has 136 valence electrons. The van der Waals surface area contributed by atoms with E-state index in [1.807, 2.05) is 18.2 Å². The highest BCUT2D eigenvalue weighted by Crippen LogP contribution is 2.16. The Morgan fingerprint density at radius 1 is 1.35 bits per heavy atom. The van der Waals surface area contributed by atoms with Gasteiger partial charge in [0.15, 0.2) is 0 Å². The normalized spacial score (nSPS) is 14.0. The van der Waals surface area contributed by atoms with Gasteiger partial charge >= 0.3 is 5.69 Å². The fourth-order valence-corrected chi connectivity index (χ4v) is 3.28. The lowest BCUT2D eigenvalue weighted by Crippen LogP contribution is -2.44. The topological polar surface area (TPSA) is 97.2 Å². The highest BCUT2D eigenvalue weighted by atomic mass is 35.5. The Balaban J connectivity index is 1.71. The van der Waals surface area contributed by atoms with Gasteiger partial charge in [-0.15, -0.1) is 0 Å². The molecule has 3 rings (SSSR count). The number of ether oxygens (including phenoxy) is 1. The molecule has 1 aromatic heterocycles. The number of aliphatic hydroxyl groups is 1. The first-order valence-corrected chi connectivity index (χ1v) is 8.66. The summed E-state index contributed by atoms with van der Waals surface area (Å²) in [7, 11) is 0. The van der Waals surface area contributed by atoms with Crippen LogP contribution in [0.3, 0.4) is 0 Å². The zero-order valence-electron chi connectivity index (χ0n) is 14.0. The maximum absolute atomic E-state index is 12.5. The van der Waals surface area contributed by atoms with Gasteiger partial charge in [-0.25, -0.2) is 4.79 Å². The summed E-state index contributed by atoms with van der Waals surface area (Å²) in [5, 5.41) is 20.0. The number of halogens is 1. The third kappa shape index (κ3) is 3.58. The Labute approximate surface area is 154 Å². The molecule has 26 heavy (non-hydrogen) atoms. The van der Waals surface area contributed by atoms with Crippen molar-refractivity contribution in [3.8, 4) is 6.07 Å². The molecule has 1 atom stereocenters. The fourth-order valence-electron chi connectivity index (χ4n) is 3.09. The van der Waals surface area contributed by atoms with Crippen LogP contribution in [0.1, 0.15) is 23.2 Å². The molecule has 0 unspecified atom stereocenters. The molecule has 1 aliphatic rings. The first-order valence-electron chi connectivity index (χ1n) is 8.28. The van der Waals surface area contributed by atoms with Gasteiger partial charge in [0.1, 0.15) is 11.6 Å². The van der Waals surface area contributed by atoms with Crippen LogP contribution < -0.4 is 11.2 Å². The Morgan fingerprint density at radius 3 is 2.85 bits per heavy atom. The molecule has 2 aromatic rings. The number of nitriles is 1. The fraction of sp³-hybridized carbons (Fsp3) is 0.389. The molecule has 2 heterocycles. The van der Waals surface area contributed by atoms with Crippen molar-refractivity contribution in [3.05, 3.63) is 66.9 Å². The molecule has 0 saturated carbocycles. The predicted octanol–water partition coefficient (Wildman–Crippen LogP) is 1.06. The van der Waals surface area contributed by atoms with Gasteiger partial charge in [-0.2, -0.15) is 5.26 Å². The summed E-state index contributed by atoms with van der Waals surface area (Å²) < 4.78 is 7.80. The second-order valence-electron chi connectivity index (χ2n) is 6.15. The van der Waals surface area contributed by atoms with Crippen molar-refractivity contribution in [1.29, 1.82) is 5.26 Å². The van der Waals surface area contributed by atoms with Crippen LogP contribution in [0.2, 0.25) is 5.02 Å². The first-order chi connectivity index (χ1) is 12.5. The van der Waals surface area contributed by atoms with Gasteiger partial charge in [0.25, 0.3) is 5.56 Å². The van der Waals surface area contributed by atoms with Crippen LogP contribution in [-0.4, -0.2) is 27.0 Å². The van der Waals surface area contributed by atoms with E-state index in [-0.39, 0.29) is 25.3 Å². The molecule has 0 radical (unpaired) electrons. The Hall–Kier alpha value is -2.40. The van der Waals surface area contributed by atoms with Gasteiger partial charge in [-0.05, 0) is 24.5 Å². The Bertz CT molecular complexity index is 974. The molecule has 0 spiro atoms. The summed E-state index contributed by atoms with van der Waals surface area (Å²) in [6.07, 6.45) is 0.198. The molecule has 0 amide bonds. The van der Waals surface area contributed by atoms with E-state index in [2.05, 4.69) is 0 Å². The van der Waals surface area contributed by atoms with Gasteiger partial charge in [0.2, 0.25) is 0 Å². The second kappa shape index (κ2) is 7.87. The van der Waals surface area contributed by atoms with Crippen molar-refractivity contribution >= 4 is 11.6 Å². The van der Waals surface area contributed by atoms with Crippen molar-refractivity contribution in [2.75, 3.05) is 6.61 Å². The van der Waals surface area contributed by atoms with Crippen LogP contribution in [0.15, 0.2) is 33.9 Å². The van der Waals surface area contributed by atoms with Gasteiger partial charge in [-0.3, -0.25) is 13.9 Å². The number of fused-ring (bicyclic) bond motifs is 1. The largest absolute Gasteiger partial charge is 0.389 e. The first kappa shape index (κ1) is 18.4. The molecular weight excluding hydrogens is 358 g/mol. The van der Waals surface area contributed by atoms with Gasteiger partial charge in [-0.1, -0.05) is 29.8 Å². The number of nitrogens with zero attached hydrogens (tertiary/aromatic N) is 3. The van der Waals surface area contributed by atoms with Crippen molar-refractivity contribution in [1.82, 2.24) is 9.13 Å². The van der Waals surface area contributed by atoms with E-state index in [0.29, 0.717) is 23.7 Å². The van der Waals surface area contributed by atoms with Crippen molar-refractivity contribution in [3.63, 3.8) is 0 Å². The van der Waals surface area contributed by atoms with Gasteiger partial charge in [0.05, 0.1) is 25.9 Å². The highest BCUT2D eigenvalue weighted by molar-refractivity contribution is 6.31. The molecule has 1 N–H and O–H groups in total. The van der Waals surface area contributed by atoms with E-state index in [9.17, 15) is 20.0 Å². The summed E-state index contributed by atoms with van der Waals surface area (Å²) in [6, 6.07) is 9.07. The SMILES string of the molecule is N#Cc1c2n(c(=O)n(C[C@@H](O)COCc3ccccc3Cl)c1=O)CCC2. The number of hydrogen-bond acceptors (Lipinski definition) is 5. The third-order valence-electron chi connectivity index (χ3n) is 4.36. The van der Waals surface area contributed by atoms with E-state index in [4.69, 9.17) is 16.3 Å². The molecule has 0 saturated heterocycles. The summed E-state index contributed by atoms with van der Waals surface area (Å²) in [5.74, 6) is 0. The molecule has 1 aliphatic heterocycles. The van der Waals surface area contributed by atoms with Gasteiger partial charge < -0.3 is 9.84 Å². The molecular formula is C18H18ClN3O4. The van der Waals surface area contributed by atoms with Crippen LogP contribution in [0, 0.1) is 11.3 Å². The molecule has 0 aliphatic carbocycles. The van der Waals surface area contributed by atoms with E-state index < -0.39 is 17.4 Å². The maximum Gasteiger partial charge on any atom is 0.331 e. The summed E-state index contributed by atoms with van der Waals surface area (Å²) in [6.45, 7) is 0.385. The van der Waals surface area contributed by atoms with E-state index >= 15 is 0 Å². The average molecular weight is 376 g/mol. The lowest BCUT2D eigenvalue weighted by atomic mass is 10.2. The number of rotatable bonds is 6. The van der Waals surface area contributed by atoms with Gasteiger partial charge in [0, 0.05) is 17.3 Å². The predicted molar refractivity (Wildman–Crippen MR) is 95.1 cm³/mol. The standard InChI is InChI=1S/C18H18ClN3O4/c19-15-5-2-1-4-12(15)10-26-11-13(23)9-22-17(24)14(8-20)16-6-3-7-21(16)18(22)25/h1-2,4-5,13,23H,3,6-7,9-11H2/t13-/m1/s1. The zero-order valence-corrected chi connectivity index (χ0v) is 14.8. The monoisotopic (exact) mass is 375 g/mol. The lowest BCUT2D eigenvalue weighted by Gasteiger charge is -2.15. The number of aromatic nitrogens is 2. The molecule has 7 nitrogen and oxygen atoms in total. The van der Waals surface area contributed by atoms with Crippen molar-refractivity contribution < 1.29 is 9.84 Å². The molecule has 8 heteroatoms. The lowest BCUT2D eigenvalue weighted by molar-refractivity contribution is 0.0191. The minimum absolute atomic E-state index is 0.0220. The molecule has 1 aromatic carbocycles. The van der Waals surface area contributed by atoms with Crippen LogP contribution in [0.25, 0.3) is 0 Å². The quantitative estimate of drug-likeness (QED) is 0.814. The number of hydrogen-bond donors (Lipinski definition) is 1. The van der Waals surface area contributed by atoms with Crippen LogP contribution in [-0.2, 0) is 30.9 Å². The van der Waals surface area contributed by atoms with E-state index in [1.54, 1.807) is 12.1 Å². The molecule has 0 bridgehead atoms. The zero-order chi connectivity index (χ0) is 18.7. The van der Waals surface area contributed by atoms with E-state index in [1.165, 1.54) is 4.57 Å². The maximum atomic E-state index is 12.5. The number of benzene rings is 1.